The van der Waals surface area contributed by atoms with Crippen LogP contribution in [0.3, 0.4) is 0 Å². The maximum atomic E-state index is 4.66. The number of benzene rings is 1. The van der Waals surface area contributed by atoms with E-state index < -0.39 is 0 Å². The van der Waals surface area contributed by atoms with Gasteiger partial charge >= 0.3 is 0 Å². The molecular weight excluding hydrogens is 272 g/mol. The van der Waals surface area contributed by atoms with Gasteiger partial charge in [-0.15, -0.1) is 0 Å². The highest BCUT2D eigenvalue weighted by Gasteiger charge is 2.05. The van der Waals surface area contributed by atoms with Gasteiger partial charge in [-0.1, -0.05) is 24.3 Å². The molecule has 3 rings (SSSR count). The molecule has 0 unspecified atom stereocenters. The first kappa shape index (κ1) is 14.5. The van der Waals surface area contributed by atoms with Crippen molar-refractivity contribution >= 4 is 0 Å². The van der Waals surface area contributed by atoms with Crippen LogP contribution in [0.1, 0.15) is 0 Å². The lowest BCUT2D eigenvalue weighted by Crippen LogP contribution is -2.18. The van der Waals surface area contributed by atoms with Gasteiger partial charge in [-0.25, -0.2) is 0 Å². The Morgan fingerprint density at radius 3 is 2.50 bits per heavy atom. The van der Waals surface area contributed by atoms with E-state index in [1.165, 1.54) is 0 Å². The molecule has 0 aliphatic carbocycles. The summed E-state index contributed by atoms with van der Waals surface area (Å²) in [5, 5.41) is 4.66. The van der Waals surface area contributed by atoms with Crippen LogP contribution >= 0.6 is 0 Å². The topological polar surface area (TPSA) is 34.0 Å². The second kappa shape index (κ2) is 6.54. The molecule has 0 aliphatic heterocycles. The zero-order valence-corrected chi connectivity index (χ0v) is 13.0. The van der Waals surface area contributed by atoms with Crippen molar-refractivity contribution in [2.75, 3.05) is 20.6 Å². The molecule has 112 valence electrons. The molecule has 0 saturated carbocycles. The van der Waals surface area contributed by atoms with Crippen LogP contribution in [-0.2, 0) is 6.54 Å². The minimum atomic E-state index is 0.896. The van der Waals surface area contributed by atoms with E-state index in [1.54, 1.807) is 0 Å². The van der Waals surface area contributed by atoms with Crippen molar-refractivity contribution in [2.45, 2.75) is 6.54 Å². The minimum absolute atomic E-state index is 0.896. The van der Waals surface area contributed by atoms with Crippen molar-refractivity contribution in [3.8, 4) is 22.5 Å². The summed E-state index contributed by atoms with van der Waals surface area (Å²) in [5.74, 6) is 0. The summed E-state index contributed by atoms with van der Waals surface area (Å²) < 4.78 is 1.99. The Balaban J connectivity index is 1.83. The summed E-state index contributed by atoms with van der Waals surface area (Å²) in [5.41, 5.74) is 4.21. The van der Waals surface area contributed by atoms with Crippen LogP contribution in [0.25, 0.3) is 22.5 Å². The molecule has 0 aliphatic rings. The summed E-state index contributed by atoms with van der Waals surface area (Å²) in [6.45, 7) is 1.88. The van der Waals surface area contributed by atoms with Crippen molar-refractivity contribution < 1.29 is 0 Å². The number of hydrogen-bond acceptors (Lipinski definition) is 3. The number of pyridine rings is 1. The number of rotatable bonds is 5. The Labute approximate surface area is 131 Å². The van der Waals surface area contributed by atoms with Gasteiger partial charge in [0.05, 0.1) is 17.9 Å². The third-order valence-corrected chi connectivity index (χ3v) is 3.54. The maximum absolute atomic E-state index is 4.66. The first-order valence-corrected chi connectivity index (χ1v) is 7.42. The van der Waals surface area contributed by atoms with Gasteiger partial charge in [0.25, 0.3) is 0 Å². The van der Waals surface area contributed by atoms with Crippen LogP contribution in [0.4, 0.5) is 0 Å². The lowest BCUT2D eigenvalue weighted by Gasteiger charge is -2.08. The molecule has 0 atom stereocenters. The van der Waals surface area contributed by atoms with E-state index in [1.807, 2.05) is 35.3 Å². The molecule has 0 N–H and O–H groups in total. The summed E-state index contributed by atoms with van der Waals surface area (Å²) in [4.78, 5) is 6.56. The Morgan fingerprint density at radius 2 is 1.77 bits per heavy atom. The Morgan fingerprint density at radius 1 is 0.955 bits per heavy atom. The number of hydrogen-bond donors (Lipinski definition) is 0. The van der Waals surface area contributed by atoms with E-state index in [4.69, 9.17) is 0 Å². The number of aromatic nitrogens is 3. The Kier molecular flexibility index (Phi) is 4.30. The number of nitrogens with zero attached hydrogens (tertiary/aromatic N) is 4. The summed E-state index contributed by atoms with van der Waals surface area (Å²) in [6.07, 6.45) is 3.85. The summed E-state index contributed by atoms with van der Waals surface area (Å²) >= 11 is 0. The molecule has 0 spiro atoms. The Hall–Kier alpha value is -2.46. The first-order chi connectivity index (χ1) is 10.7. The number of likely N-dealkylation sites (N-methyl/N-ethyl adjacent to an activating group) is 1. The van der Waals surface area contributed by atoms with Crippen molar-refractivity contribution in [1.82, 2.24) is 19.7 Å². The van der Waals surface area contributed by atoms with E-state index in [2.05, 4.69) is 59.4 Å². The molecule has 0 radical (unpaired) electrons. The molecule has 2 heterocycles. The summed E-state index contributed by atoms with van der Waals surface area (Å²) in [6, 6.07) is 16.4. The third kappa shape index (κ3) is 3.40. The van der Waals surface area contributed by atoms with Gasteiger partial charge < -0.3 is 4.90 Å². The molecule has 0 bridgehead atoms. The highest BCUT2D eigenvalue weighted by Crippen LogP contribution is 2.23. The molecule has 4 nitrogen and oxygen atoms in total. The fourth-order valence-electron chi connectivity index (χ4n) is 2.31. The van der Waals surface area contributed by atoms with Gasteiger partial charge in [0.15, 0.2) is 0 Å². The molecular formula is C18H20N4. The Bertz CT molecular complexity index is 732. The average molecular weight is 292 g/mol. The molecule has 22 heavy (non-hydrogen) atoms. The van der Waals surface area contributed by atoms with Crippen LogP contribution < -0.4 is 0 Å². The predicted molar refractivity (Wildman–Crippen MR) is 89.4 cm³/mol. The lowest BCUT2D eigenvalue weighted by molar-refractivity contribution is 0.373. The zero-order valence-electron chi connectivity index (χ0n) is 13.0. The third-order valence-electron chi connectivity index (χ3n) is 3.54. The fraction of sp³-hybridized carbons (Fsp3) is 0.222. The maximum Gasteiger partial charge on any atom is 0.0923 e. The largest absolute Gasteiger partial charge is 0.308 e. The zero-order chi connectivity index (χ0) is 15.4. The van der Waals surface area contributed by atoms with Crippen molar-refractivity contribution in [3.05, 3.63) is 60.9 Å². The molecule has 2 aromatic heterocycles. The minimum Gasteiger partial charge on any atom is -0.308 e. The molecule has 1 aromatic carbocycles. The average Bonchev–Trinajstić information content (AvgIpc) is 3.03. The highest BCUT2D eigenvalue weighted by atomic mass is 15.3. The highest BCUT2D eigenvalue weighted by molar-refractivity contribution is 5.69. The molecule has 0 fully saturated rings. The second-order valence-electron chi connectivity index (χ2n) is 5.56. The molecule has 3 aromatic rings. The predicted octanol–water partition coefficient (Wildman–Crippen LogP) is 3.17. The standard InChI is InChI=1S/C18H20N4/c1-21(2)12-13-22-11-9-18(20-22)16-7-5-6-15(14-16)17-8-3-4-10-19-17/h3-11,14H,12-13H2,1-2H3. The summed E-state index contributed by atoms with van der Waals surface area (Å²) in [7, 11) is 4.14. The van der Waals surface area contributed by atoms with E-state index in [-0.39, 0.29) is 0 Å². The monoisotopic (exact) mass is 292 g/mol. The van der Waals surface area contributed by atoms with E-state index in [9.17, 15) is 0 Å². The van der Waals surface area contributed by atoms with Gasteiger partial charge in [-0.3, -0.25) is 9.67 Å². The van der Waals surface area contributed by atoms with Crippen molar-refractivity contribution in [1.29, 1.82) is 0 Å². The van der Waals surface area contributed by atoms with E-state index >= 15 is 0 Å². The molecule has 0 amide bonds. The van der Waals surface area contributed by atoms with Gasteiger partial charge in [-0.05, 0) is 38.4 Å². The van der Waals surface area contributed by atoms with E-state index in [0.717, 1.165) is 35.6 Å². The smallest absolute Gasteiger partial charge is 0.0923 e. The van der Waals surface area contributed by atoms with Gasteiger partial charge in [-0.2, -0.15) is 5.10 Å². The van der Waals surface area contributed by atoms with Crippen LogP contribution in [-0.4, -0.2) is 40.3 Å². The molecule has 0 saturated heterocycles. The van der Waals surface area contributed by atoms with Crippen LogP contribution in [0.15, 0.2) is 60.9 Å². The normalized spacial score (nSPS) is 11.0. The van der Waals surface area contributed by atoms with Gasteiger partial charge in [0, 0.05) is 30.1 Å². The van der Waals surface area contributed by atoms with Crippen LogP contribution in [0.5, 0.6) is 0 Å². The van der Waals surface area contributed by atoms with Crippen LogP contribution in [0.2, 0.25) is 0 Å². The van der Waals surface area contributed by atoms with Crippen molar-refractivity contribution in [3.63, 3.8) is 0 Å². The fourth-order valence-corrected chi connectivity index (χ4v) is 2.31. The van der Waals surface area contributed by atoms with Gasteiger partial charge in [0.1, 0.15) is 0 Å². The molecule has 4 heteroatoms. The van der Waals surface area contributed by atoms with Gasteiger partial charge in [0.2, 0.25) is 0 Å². The van der Waals surface area contributed by atoms with Crippen LogP contribution in [0, 0.1) is 0 Å². The SMILES string of the molecule is CN(C)CCn1ccc(-c2cccc(-c3ccccn3)c2)n1. The first-order valence-electron chi connectivity index (χ1n) is 7.42. The van der Waals surface area contributed by atoms with Crippen molar-refractivity contribution in [2.24, 2.45) is 0 Å². The second-order valence-corrected chi connectivity index (χ2v) is 5.56. The quantitative estimate of drug-likeness (QED) is 0.724. The lowest BCUT2D eigenvalue weighted by atomic mass is 10.1. The van der Waals surface area contributed by atoms with E-state index in [0.29, 0.717) is 0 Å².